The number of amides is 1. The number of thioether (sulfide) groups is 1. The lowest BCUT2D eigenvalue weighted by molar-refractivity contribution is -0.137. The highest BCUT2D eigenvalue weighted by atomic mass is 32.2. The van der Waals surface area contributed by atoms with Crippen LogP contribution in [-0.4, -0.2) is 46.8 Å². The van der Waals surface area contributed by atoms with Crippen molar-refractivity contribution in [2.45, 2.75) is 30.9 Å². The van der Waals surface area contributed by atoms with Crippen molar-refractivity contribution in [1.29, 1.82) is 0 Å². The zero-order valence-electron chi connectivity index (χ0n) is 13.0. The lowest BCUT2D eigenvalue weighted by Crippen LogP contribution is -2.21. The summed E-state index contributed by atoms with van der Waals surface area (Å²) in [7, 11) is 3.46. The van der Waals surface area contributed by atoms with Crippen LogP contribution in [-0.2, 0) is 9.59 Å². The molecule has 0 aromatic heterocycles. The van der Waals surface area contributed by atoms with Crippen LogP contribution in [0.1, 0.15) is 36.5 Å². The number of carbonyl (C=O) groups excluding carboxylic acids is 1. The van der Waals surface area contributed by atoms with Crippen LogP contribution < -0.4 is 0 Å². The van der Waals surface area contributed by atoms with E-state index in [1.807, 2.05) is 6.07 Å². The van der Waals surface area contributed by atoms with Crippen molar-refractivity contribution in [3.8, 4) is 5.75 Å². The summed E-state index contributed by atoms with van der Waals surface area (Å²) >= 11 is 1.63. The van der Waals surface area contributed by atoms with Crippen molar-refractivity contribution in [1.82, 2.24) is 4.90 Å². The van der Waals surface area contributed by atoms with Gasteiger partial charge in [0.2, 0.25) is 5.91 Å². The molecular formula is C16H23NO4S. The second-order valence-electron chi connectivity index (χ2n) is 5.28. The third kappa shape index (κ3) is 6.85. The van der Waals surface area contributed by atoms with Crippen molar-refractivity contribution in [2.24, 2.45) is 0 Å². The number of carbonyl (C=O) groups is 2. The first kappa shape index (κ1) is 18.4. The number of nitrogens with zero attached hydrogens (tertiary/aromatic N) is 1. The van der Waals surface area contributed by atoms with Crippen molar-refractivity contribution < 1.29 is 19.8 Å². The van der Waals surface area contributed by atoms with Crippen molar-refractivity contribution in [3.63, 3.8) is 0 Å². The minimum absolute atomic E-state index is 0.0766. The minimum Gasteiger partial charge on any atom is -0.508 e. The lowest BCUT2D eigenvalue weighted by atomic mass is 10.1. The smallest absolute Gasteiger partial charge is 0.303 e. The lowest BCUT2D eigenvalue weighted by Gasteiger charge is -2.18. The van der Waals surface area contributed by atoms with Gasteiger partial charge < -0.3 is 15.1 Å². The number of carboxylic acids is 1. The Morgan fingerprint density at radius 1 is 1.27 bits per heavy atom. The van der Waals surface area contributed by atoms with E-state index < -0.39 is 5.97 Å². The predicted octanol–water partition coefficient (Wildman–Crippen LogP) is 2.90. The van der Waals surface area contributed by atoms with Gasteiger partial charge in [-0.15, -0.1) is 0 Å². The molecule has 1 aromatic rings. The van der Waals surface area contributed by atoms with E-state index in [0.717, 1.165) is 5.56 Å². The molecule has 22 heavy (non-hydrogen) atoms. The number of hydrogen-bond acceptors (Lipinski definition) is 4. The number of carboxylic acid groups (broad SMARTS) is 1. The van der Waals surface area contributed by atoms with Crippen molar-refractivity contribution >= 4 is 23.6 Å². The molecule has 5 nitrogen and oxygen atoms in total. The summed E-state index contributed by atoms with van der Waals surface area (Å²) in [5.41, 5.74) is 0.965. The summed E-state index contributed by atoms with van der Waals surface area (Å²) in [5, 5.41) is 18.4. The number of aliphatic carboxylic acids is 1. The Bertz CT molecular complexity index is 505. The molecule has 122 valence electrons. The Kier molecular flexibility index (Phi) is 7.80. The molecule has 0 heterocycles. The average molecular weight is 325 g/mol. The molecule has 2 N–H and O–H groups in total. The fourth-order valence-electron chi connectivity index (χ4n) is 2.02. The molecule has 0 radical (unpaired) electrons. The minimum atomic E-state index is -0.803. The summed E-state index contributed by atoms with van der Waals surface area (Å²) in [6.45, 7) is 0. The van der Waals surface area contributed by atoms with Gasteiger partial charge in [-0.05, 0) is 30.5 Å². The molecule has 0 saturated carbocycles. The van der Waals surface area contributed by atoms with Crippen molar-refractivity contribution in [2.75, 3.05) is 19.8 Å². The molecule has 1 unspecified atom stereocenters. The molecule has 1 atom stereocenters. The molecule has 0 saturated heterocycles. The van der Waals surface area contributed by atoms with Crippen LogP contribution in [0.3, 0.4) is 0 Å². The fraction of sp³-hybridized carbons (Fsp3) is 0.500. The van der Waals surface area contributed by atoms with Gasteiger partial charge in [-0.2, -0.15) is 11.8 Å². The van der Waals surface area contributed by atoms with Crippen LogP contribution in [0.5, 0.6) is 5.75 Å². The number of aromatic hydroxyl groups is 1. The Morgan fingerprint density at radius 2 is 2.00 bits per heavy atom. The SMILES string of the molecule is CN(C)C(=O)CCSC(CCCC(=O)O)c1cccc(O)c1. The van der Waals surface area contributed by atoms with Crippen LogP contribution in [0, 0.1) is 0 Å². The first-order valence-corrected chi connectivity index (χ1v) is 8.27. The van der Waals surface area contributed by atoms with E-state index >= 15 is 0 Å². The second-order valence-corrected chi connectivity index (χ2v) is 6.59. The van der Waals surface area contributed by atoms with Gasteiger partial charge in [-0.3, -0.25) is 9.59 Å². The molecular weight excluding hydrogens is 302 g/mol. The Labute approximate surface area is 135 Å². The zero-order chi connectivity index (χ0) is 16.5. The van der Waals surface area contributed by atoms with E-state index in [-0.39, 0.29) is 23.3 Å². The zero-order valence-corrected chi connectivity index (χ0v) is 13.8. The summed E-state index contributed by atoms with van der Waals surface area (Å²) in [6.07, 6.45) is 1.86. The van der Waals surface area contributed by atoms with E-state index in [4.69, 9.17) is 5.11 Å². The maximum atomic E-state index is 11.6. The Hall–Kier alpha value is -1.69. The van der Waals surface area contributed by atoms with E-state index in [1.165, 1.54) is 0 Å². The summed E-state index contributed by atoms with van der Waals surface area (Å²) < 4.78 is 0. The predicted molar refractivity (Wildman–Crippen MR) is 88.1 cm³/mol. The van der Waals surface area contributed by atoms with Gasteiger partial charge in [0.25, 0.3) is 0 Å². The van der Waals surface area contributed by atoms with Gasteiger partial charge in [0.15, 0.2) is 0 Å². The number of phenolic OH excluding ortho intramolecular Hbond substituents is 1. The van der Waals surface area contributed by atoms with Gasteiger partial charge in [0.1, 0.15) is 5.75 Å². The number of benzene rings is 1. The van der Waals surface area contributed by atoms with Crippen LogP contribution in [0.4, 0.5) is 0 Å². The number of rotatable bonds is 9. The summed E-state index contributed by atoms with van der Waals surface area (Å²) in [6, 6.07) is 7.01. The topological polar surface area (TPSA) is 77.8 Å². The van der Waals surface area contributed by atoms with Crippen LogP contribution in [0.25, 0.3) is 0 Å². The van der Waals surface area contributed by atoms with Gasteiger partial charge in [0, 0.05) is 37.9 Å². The largest absolute Gasteiger partial charge is 0.508 e. The molecule has 1 amide bonds. The molecule has 1 aromatic carbocycles. The third-order valence-corrected chi connectivity index (χ3v) is 4.58. The van der Waals surface area contributed by atoms with Gasteiger partial charge in [0.05, 0.1) is 0 Å². The summed E-state index contributed by atoms with van der Waals surface area (Å²) in [4.78, 5) is 23.8. The normalized spacial score (nSPS) is 11.9. The quantitative estimate of drug-likeness (QED) is 0.730. The van der Waals surface area contributed by atoms with Gasteiger partial charge in [-0.1, -0.05) is 12.1 Å². The molecule has 6 heteroatoms. The first-order chi connectivity index (χ1) is 10.4. The highest BCUT2D eigenvalue weighted by molar-refractivity contribution is 7.99. The second kappa shape index (κ2) is 9.35. The van der Waals surface area contributed by atoms with Crippen LogP contribution >= 0.6 is 11.8 Å². The molecule has 0 spiro atoms. The number of hydrogen-bond donors (Lipinski definition) is 2. The Balaban J connectivity index is 2.61. The fourth-order valence-corrected chi connectivity index (χ4v) is 3.27. The van der Waals surface area contributed by atoms with E-state index in [1.54, 1.807) is 49.0 Å². The van der Waals surface area contributed by atoms with Crippen LogP contribution in [0.15, 0.2) is 24.3 Å². The monoisotopic (exact) mass is 325 g/mol. The molecule has 0 bridgehead atoms. The van der Waals surface area contributed by atoms with Gasteiger partial charge in [-0.25, -0.2) is 0 Å². The van der Waals surface area contributed by atoms with E-state index in [0.29, 0.717) is 25.0 Å². The molecule has 0 aliphatic heterocycles. The van der Waals surface area contributed by atoms with Crippen LogP contribution in [0.2, 0.25) is 0 Å². The highest BCUT2D eigenvalue weighted by Crippen LogP contribution is 2.35. The molecule has 0 aliphatic carbocycles. The Morgan fingerprint density at radius 3 is 2.59 bits per heavy atom. The molecule has 0 aliphatic rings. The third-order valence-electron chi connectivity index (χ3n) is 3.23. The maximum absolute atomic E-state index is 11.6. The summed E-state index contributed by atoms with van der Waals surface area (Å²) in [5.74, 6) is 0.144. The van der Waals surface area contributed by atoms with E-state index in [9.17, 15) is 14.7 Å². The van der Waals surface area contributed by atoms with Crippen molar-refractivity contribution in [3.05, 3.63) is 29.8 Å². The number of phenols is 1. The average Bonchev–Trinajstić information content (AvgIpc) is 2.45. The first-order valence-electron chi connectivity index (χ1n) is 7.22. The van der Waals surface area contributed by atoms with Gasteiger partial charge >= 0.3 is 5.97 Å². The molecule has 1 rings (SSSR count). The highest BCUT2D eigenvalue weighted by Gasteiger charge is 2.14. The van der Waals surface area contributed by atoms with E-state index in [2.05, 4.69) is 0 Å². The molecule has 0 fully saturated rings. The maximum Gasteiger partial charge on any atom is 0.303 e. The standard InChI is InChI=1S/C16H23NO4S/c1-17(2)15(19)9-10-22-14(7-4-8-16(20)21)12-5-3-6-13(18)11-12/h3,5-6,11,14,18H,4,7-10H2,1-2H3,(H,20,21).